The maximum atomic E-state index is 12.4. The van der Waals surface area contributed by atoms with Crippen LogP contribution in [0.1, 0.15) is 48.1 Å². The number of anilines is 1. The van der Waals surface area contributed by atoms with Crippen molar-refractivity contribution in [2.75, 3.05) is 37.7 Å². The van der Waals surface area contributed by atoms with Gasteiger partial charge in [-0.2, -0.15) is 5.10 Å². The third-order valence-electron chi connectivity index (χ3n) is 5.46. The monoisotopic (exact) mass is 400 g/mol. The predicted molar refractivity (Wildman–Crippen MR) is 113 cm³/mol. The lowest BCUT2D eigenvalue weighted by Crippen LogP contribution is -2.31. The van der Waals surface area contributed by atoms with Crippen LogP contribution >= 0.6 is 0 Å². The number of benzene rings is 1. The first-order valence-corrected chi connectivity index (χ1v) is 10.5. The molecular weight excluding hydrogens is 368 g/mol. The molecule has 0 aliphatic carbocycles. The summed E-state index contributed by atoms with van der Waals surface area (Å²) >= 11 is 0. The van der Waals surface area contributed by atoms with Crippen LogP contribution in [-0.4, -0.2) is 58.6 Å². The highest BCUT2D eigenvalue weighted by atomic mass is 16.5. The van der Waals surface area contributed by atoms with E-state index in [4.69, 9.17) is 4.74 Å². The Kier molecular flexibility index (Phi) is 7.28. The van der Waals surface area contributed by atoms with E-state index in [0.717, 1.165) is 43.9 Å². The third kappa shape index (κ3) is 4.79. The molecule has 158 valence electrons. The molecule has 2 heterocycles. The summed E-state index contributed by atoms with van der Waals surface area (Å²) in [6.45, 7) is 11.2. The van der Waals surface area contributed by atoms with Crippen molar-refractivity contribution in [1.29, 1.82) is 0 Å². The van der Waals surface area contributed by atoms with Gasteiger partial charge < -0.3 is 14.7 Å². The molecule has 29 heavy (non-hydrogen) atoms. The molecular formula is C22H32N4O3. The largest absolute Gasteiger partial charge is 0.461 e. The van der Waals surface area contributed by atoms with Gasteiger partial charge in [-0.15, -0.1) is 0 Å². The zero-order valence-electron chi connectivity index (χ0n) is 17.7. The van der Waals surface area contributed by atoms with Crippen molar-refractivity contribution in [2.45, 2.75) is 46.8 Å². The molecule has 7 heteroatoms. The van der Waals surface area contributed by atoms with Gasteiger partial charge in [0.05, 0.1) is 19.8 Å². The Balaban J connectivity index is 1.75. The van der Waals surface area contributed by atoms with Crippen LogP contribution in [0.2, 0.25) is 0 Å². The number of ether oxygens (including phenoxy) is 1. The molecule has 0 unspecified atom stereocenters. The molecule has 0 saturated carbocycles. The van der Waals surface area contributed by atoms with E-state index in [2.05, 4.69) is 53.0 Å². The van der Waals surface area contributed by atoms with Crippen LogP contribution in [0, 0.1) is 0 Å². The maximum absolute atomic E-state index is 12.4. The van der Waals surface area contributed by atoms with Crippen LogP contribution in [0.3, 0.4) is 0 Å². The Morgan fingerprint density at radius 2 is 1.93 bits per heavy atom. The van der Waals surface area contributed by atoms with Crippen molar-refractivity contribution in [3.05, 3.63) is 46.8 Å². The third-order valence-corrected chi connectivity index (χ3v) is 5.46. The Labute approximate surface area is 172 Å². The molecule has 1 N–H and O–H groups in total. The molecule has 1 aliphatic heterocycles. The molecule has 1 aromatic carbocycles. The minimum atomic E-state index is -0.383. The number of rotatable bonds is 9. The summed E-state index contributed by atoms with van der Waals surface area (Å²) in [5.41, 5.74) is 4.86. The molecule has 1 aliphatic rings. The van der Waals surface area contributed by atoms with E-state index in [0.29, 0.717) is 25.4 Å². The summed E-state index contributed by atoms with van der Waals surface area (Å²) in [5.74, 6) is -0.383. The fraction of sp³-hybridized carbons (Fsp3) is 0.545. The second kappa shape index (κ2) is 9.89. The molecule has 0 amide bonds. The van der Waals surface area contributed by atoms with Crippen LogP contribution in [0.4, 0.5) is 5.69 Å². The highest BCUT2D eigenvalue weighted by Gasteiger charge is 2.28. The van der Waals surface area contributed by atoms with Crippen molar-refractivity contribution < 1.29 is 14.6 Å². The summed E-state index contributed by atoms with van der Waals surface area (Å²) in [5, 5.41) is 13.8. The average Bonchev–Trinajstić information content (AvgIpc) is 3.08. The molecule has 0 bridgehead atoms. The maximum Gasteiger partial charge on any atom is 0.359 e. The first kappa shape index (κ1) is 21.3. The van der Waals surface area contributed by atoms with Crippen molar-refractivity contribution in [2.24, 2.45) is 0 Å². The smallest absolute Gasteiger partial charge is 0.359 e. The Morgan fingerprint density at radius 3 is 2.55 bits per heavy atom. The zero-order valence-corrected chi connectivity index (χ0v) is 17.7. The number of esters is 1. The standard InChI is InChI=1S/C22H32N4O3/c1-4-25(5-2)18-9-7-17(8-10-18)15-24-12-11-20-19(16-24)21(22(28)29-6-3)23-26(20)13-14-27/h7-10,27H,4-6,11-16H2,1-3H3. The van der Waals surface area contributed by atoms with Gasteiger partial charge in [0.2, 0.25) is 0 Å². The molecule has 0 saturated heterocycles. The average molecular weight is 401 g/mol. The van der Waals surface area contributed by atoms with E-state index >= 15 is 0 Å². The van der Waals surface area contributed by atoms with Gasteiger partial charge in [0, 0.05) is 56.1 Å². The summed E-state index contributed by atoms with van der Waals surface area (Å²) in [6.07, 6.45) is 0.805. The summed E-state index contributed by atoms with van der Waals surface area (Å²) in [6, 6.07) is 8.73. The van der Waals surface area contributed by atoms with Crippen LogP contribution in [0.15, 0.2) is 24.3 Å². The SMILES string of the molecule is CCOC(=O)c1nn(CCO)c2c1CN(Cc1ccc(N(CC)CC)cc1)CC2. The topological polar surface area (TPSA) is 70.8 Å². The lowest BCUT2D eigenvalue weighted by molar-refractivity contribution is 0.0515. The summed E-state index contributed by atoms with van der Waals surface area (Å²) in [7, 11) is 0. The fourth-order valence-electron chi connectivity index (χ4n) is 3.98. The van der Waals surface area contributed by atoms with Gasteiger partial charge in [-0.1, -0.05) is 12.1 Å². The number of nitrogens with zero attached hydrogens (tertiary/aromatic N) is 4. The van der Waals surface area contributed by atoms with Crippen molar-refractivity contribution in [3.63, 3.8) is 0 Å². The van der Waals surface area contributed by atoms with Gasteiger partial charge in [-0.25, -0.2) is 4.79 Å². The number of aromatic nitrogens is 2. The molecule has 0 atom stereocenters. The normalized spacial score (nSPS) is 13.9. The number of carbonyl (C=O) groups is 1. The Hall–Kier alpha value is -2.38. The summed E-state index contributed by atoms with van der Waals surface area (Å²) in [4.78, 5) is 17.0. The molecule has 0 fully saturated rings. The van der Waals surface area contributed by atoms with Crippen LogP contribution < -0.4 is 4.90 Å². The first-order valence-electron chi connectivity index (χ1n) is 10.5. The number of hydrogen-bond donors (Lipinski definition) is 1. The van der Waals surface area contributed by atoms with E-state index < -0.39 is 0 Å². The quantitative estimate of drug-likeness (QED) is 0.652. The lowest BCUT2D eigenvalue weighted by Gasteiger charge is -2.28. The van der Waals surface area contributed by atoms with Crippen molar-refractivity contribution in [1.82, 2.24) is 14.7 Å². The molecule has 2 aromatic rings. The number of carbonyl (C=O) groups excluding carboxylic acids is 1. The number of hydrogen-bond acceptors (Lipinski definition) is 6. The van der Waals surface area contributed by atoms with Crippen LogP contribution in [0.5, 0.6) is 0 Å². The summed E-state index contributed by atoms with van der Waals surface area (Å²) < 4.78 is 6.96. The highest BCUT2D eigenvalue weighted by molar-refractivity contribution is 5.89. The Morgan fingerprint density at radius 1 is 1.21 bits per heavy atom. The Bertz CT molecular complexity index is 812. The van der Waals surface area contributed by atoms with Crippen LogP contribution in [0.25, 0.3) is 0 Å². The van der Waals surface area contributed by atoms with Gasteiger partial charge in [-0.05, 0) is 38.5 Å². The second-order valence-electron chi connectivity index (χ2n) is 7.24. The highest BCUT2D eigenvalue weighted by Crippen LogP contribution is 2.25. The zero-order chi connectivity index (χ0) is 20.8. The van der Waals surface area contributed by atoms with E-state index in [-0.39, 0.29) is 12.6 Å². The van der Waals surface area contributed by atoms with Crippen molar-refractivity contribution in [3.8, 4) is 0 Å². The van der Waals surface area contributed by atoms with Gasteiger partial charge in [0.25, 0.3) is 0 Å². The minimum absolute atomic E-state index is 0.00101. The predicted octanol–water partition coefficient (Wildman–Crippen LogP) is 2.46. The lowest BCUT2D eigenvalue weighted by atomic mass is 10.0. The number of aliphatic hydroxyl groups excluding tert-OH is 1. The van der Waals surface area contributed by atoms with Crippen molar-refractivity contribution >= 4 is 11.7 Å². The molecule has 7 nitrogen and oxygen atoms in total. The molecule has 1 aromatic heterocycles. The van der Waals surface area contributed by atoms with E-state index in [9.17, 15) is 9.90 Å². The molecule has 0 radical (unpaired) electrons. The van der Waals surface area contributed by atoms with Crippen LogP contribution in [-0.2, 0) is 30.8 Å². The minimum Gasteiger partial charge on any atom is -0.461 e. The van der Waals surface area contributed by atoms with Gasteiger partial charge in [-0.3, -0.25) is 9.58 Å². The van der Waals surface area contributed by atoms with E-state index in [1.807, 2.05) is 0 Å². The van der Waals surface area contributed by atoms with E-state index in [1.165, 1.54) is 11.3 Å². The molecule has 0 spiro atoms. The second-order valence-corrected chi connectivity index (χ2v) is 7.24. The molecule has 3 rings (SSSR count). The van der Waals surface area contributed by atoms with Gasteiger partial charge in [0.1, 0.15) is 0 Å². The first-order chi connectivity index (χ1) is 14.1. The van der Waals surface area contributed by atoms with Gasteiger partial charge in [0.15, 0.2) is 5.69 Å². The number of aliphatic hydroxyl groups is 1. The fourth-order valence-corrected chi connectivity index (χ4v) is 3.98. The van der Waals surface area contributed by atoms with E-state index in [1.54, 1.807) is 11.6 Å². The van der Waals surface area contributed by atoms with Gasteiger partial charge >= 0.3 is 5.97 Å². The number of fused-ring (bicyclic) bond motifs is 1.